The van der Waals surface area contributed by atoms with Gasteiger partial charge in [-0.05, 0) is 46.9 Å². The van der Waals surface area contributed by atoms with Gasteiger partial charge in [0.1, 0.15) is 0 Å². The number of carbonyl (C=O) groups is 1. The first-order valence-electron chi connectivity index (χ1n) is 8.44. The summed E-state index contributed by atoms with van der Waals surface area (Å²) in [6.07, 6.45) is 1.88. The first-order valence-corrected chi connectivity index (χ1v) is 8.81. The molecule has 0 saturated carbocycles. The Morgan fingerprint density at radius 3 is 2.52 bits per heavy atom. The van der Waals surface area contributed by atoms with Crippen molar-refractivity contribution in [1.29, 1.82) is 0 Å². The van der Waals surface area contributed by atoms with Crippen LogP contribution in [-0.4, -0.2) is 54.0 Å². The monoisotopic (exact) mass is 368 g/mol. The van der Waals surface area contributed by atoms with Gasteiger partial charge < -0.3 is 24.8 Å². The molecule has 25 heavy (non-hydrogen) atoms. The average molecular weight is 369 g/mol. The molecule has 0 aromatic heterocycles. The molecule has 138 valence electrons. The van der Waals surface area contributed by atoms with E-state index >= 15 is 0 Å². The van der Waals surface area contributed by atoms with Crippen molar-refractivity contribution in [2.75, 3.05) is 20.6 Å². The molecular formula is C18H25ClN2O4. The number of benzene rings is 1. The van der Waals surface area contributed by atoms with Crippen LogP contribution in [0, 0.1) is 6.92 Å². The highest BCUT2D eigenvalue weighted by molar-refractivity contribution is 6.32. The summed E-state index contributed by atoms with van der Waals surface area (Å²) in [5.41, 5.74) is 0.241. The smallest absolute Gasteiger partial charge is 0.336 e. The van der Waals surface area contributed by atoms with Crippen LogP contribution >= 0.6 is 11.6 Å². The highest BCUT2D eigenvalue weighted by Crippen LogP contribution is 2.51. The standard InChI is InChI=1S/C18H25ClN2O4/c1-10-12(16(22)23)8-13(19)15-14(10)24-18(3,25-15)17(2)7-6-11(9-20-17)21(4)5/h8,11,20H,6-7,9H2,1-5H3,(H,22,23)/t11-,17-,18+/m0/s1. The zero-order chi connectivity index (χ0) is 18.6. The Kier molecular flexibility index (Phi) is 4.42. The first-order chi connectivity index (χ1) is 11.6. The summed E-state index contributed by atoms with van der Waals surface area (Å²) in [6, 6.07) is 1.88. The largest absolute Gasteiger partial charge is 0.478 e. The normalized spacial score (nSPS) is 31.4. The number of ether oxygens (including phenoxy) is 2. The van der Waals surface area contributed by atoms with E-state index in [1.54, 1.807) is 6.92 Å². The van der Waals surface area contributed by atoms with Gasteiger partial charge in [0.05, 0.1) is 16.1 Å². The number of hydrogen-bond donors (Lipinski definition) is 2. The molecule has 0 unspecified atom stereocenters. The fourth-order valence-corrected chi connectivity index (χ4v) is 3.83. The highest BCUT2D eigenvalue weighted by atomic mass is 35.5. The lowest BCUT2D eigenvalue weighted by molar-refractivity contribution is -0.141. The van der Waals surface area contributed by atoms with E-state index in [0.29, 0.717) is 23.1 Å². The van der Waals surface area contributed by atoms with Gasteiger partial charge in [-0.15, -0.1) is 0 Å². The molecule has 0 amide bonds. The van der Waals surface area contributed by atoms with Crippen LogP contribution in [0.3, 0.4) is 0 Å². The second-order valence-corrected chi connectivity index (χ2v) is 7.92. The molecule has 0 spiro atoms. The van der Waals surface area contributed by atoms with Crippen LogP contribution in [0.15, 0.2) is 6.07 Å². The number of nitrogens with zero attached hydrogens (tertiary/aromatic N) is 1. The van der Waals surface area contributed by atoms with E-state index < -0.39 is 17.3 Å². The third kappa shape index (κ3) is 2.86. The summed E-state index contributed by atoms with van der Waals surface area (Å²) < 4.78 is 12.3. The van der Waals surface area contributed by atoms with Crippen molar-refractivity contribution in [2.24, 2.45) is 0 Å². The third-order valence-corrected chi connectivity index (χ3v) is 5.98. The van der Waals surface area contributed by atoms with Gasteiger partial charge in [0, 0.05) is 25.1 Å². The number of carboxylic acid groups (broad SMARTS) is 1. The molecule has 1 fully saturated rings. The third-order valence-electron chi connectivity index (χ3n) is 5.70. The van der Waals surface area contributed by atoms with Crippen LogP contribution in [0.1, 0.15) is 42.6 Å². The summed E-state index contributed by atoms with van der Waals surface area (Å²) in [6.45, 7) is 6.50. The number of fused-ring (bicyclic) bond motifs is 1. The molecule has 2 aliphatic rings. The maximum atomic E-state index is 11.4. The first kappa shape index (κ1) is 18.3. The zero-order valence-corrected chi connectivity index (χ0v) is 16.0. The molecular weight excluding hydrogens is 344 g/mol. The molecule has 0 radical (unpaired) electrons. The summed E-state index contributed by atoms with van der Waals surface area (Å²) >= 11 is 6.27. The van der Waals surface area contributed by atoms with Crippen molar-refractivity contribution in [3.63, 3.8) is 0 Å². The summed E-state index contributed by atoms with van der Waals surface area (Å²) in [5, 5.41) is 13.2. The molecule has 3 rings (SSSR count). The molecule has 1 saturated heterocycles. The van der Waals surface area contributed by atoms with Crippen molar-refractivity contribution in [3.05, 3.63) is 22.2 Å². The minimum Gasteiger partial charge on any atom is -0.478 e. The summed E-state index contributed by atoms with van der Waals surface area (Å²) in [7, 11) is 4.15. The second kappa shape index (κ2) is 6.04. The quantitative estimate of drug-likeness (QED) is 0.854. The minimum absolute atomic E-state index is 0.131. The van der Waals surface area contributed by atoms with E-state index in [9.17, 15) is 9.90 Å². The Morgan fingerprint density at radius 1 is 1.36 bits per heavy atom. The Bertz CT molecular complexity index is 714. The topological polar surface area (TPSA) is 71.0 Å². The number of piperidine rings is 1. The predicted octanol–water partition coefficient (Wildman–Crippen LogP) is 2.91. The summed E-state index contributed by atoms with van der Waals surface area (Å²) in [5.74, 6) is -1.15. The molecule has 7 heteroatoms. The molecule has 3 atom stereocenters. The number of carboxylic acids is 1. The van der Waals surface area contributed by atoms with Gasteiger partial charge in [0.25, 0.3) is 5.79 Å². The van der Waals surface area contributed by atoms with E-state index in [4.69, 9.17) is 21.1 Å². The minimum atomic E-state index is -1.03. The van der Waals surface area contributed by atoms with Crippen molar-refractivity contribution in [2.45, 2.75) is 51.0 Å². The van der Waals surface area contributed by atoms with E-state index in [2.05, 4.69) is 31.2 Å². The Morgan fingerprint density at radius 2 is 2.00 bits per heavy atom. The lowest BCUT2D eigenvalue weighted by atomic mass is 9.82. The van der Waals surface area contributed by atoms with Crippen molar-refractivity contribution < 1.29 is 19.4 Å². The number of nitrogens with one attached hydrogen (secondary N) is 1. The molecule has 0 aliphatic carbocycles. The Labute approximate surface area is 153 Å². The number of likely N-dealkylation sites (N-methyl/N-ethyl adjacent to an activating group) is 1. The molecule has 6 nitrogen and oxygen atoms in total. The van der Waals surface area contributed by atoms with Crippen molar-refractivity contribution in [3.8, 4) is 11.5 Å². The van der Waals surface area contributed by atoms with Crippen LogP contribution in [0.4, 0.5) is 0 Å². The van der Waals surface area contributed by atoms with Gasteiger partial charge >= 0.3 is 5.97 Å². The van der Waals surface area contributed by atoms with Gasteiger partial charge in [-0.25, -0.2) is 4.79 Å². The zero-order valence-electron chi connectivity index (χ0n) is 15.3. The molecule has 1 aromatic carbocycles. The van der Waals surface area contributed by atoms with Crippen molar-refractivity contribution in [1.82, 2.24) is 10.2 Å². The second-order valence-electron chi connectivity index (χ2n) is 7.51. The van der Waals surface area contributed by atoms with Crippen LogP contribution in [0.5, 0.6) is 11.5 Å². The Balaban J connectivity index is 1.91. The van der Waals surface area contributed by atoms with E-state index in [-0.39, 0.29) is 10.6 Å². The fraction of sp³-hybridized carbons (Fsp3) is 0.611. The van der Waals surface area contributed by atoms with E-state index in [1.807, 2.05) is 6.92 Å². The maximum absolute atomic E-state index is 11.4. The predicted molar refractivity (Wildman–Crippen MR) is 95.9 cm³/mol. The van der Waals surface area contributed by atoms with Gasteiger partial charge in [0.2, 0.25) is 0 Å². The Hall–Kier alpha value is -1.50. The van der Waals surface area contributed by atoms with Gasteiger partial charge in [-0.1, -0.05) is 11.6 Å². The van der Waals surface area contributed by atoms with E-state index in [0.717, 1.165) is 19.4 Å². The van der Waals surface area contributed by atoms with Gasteiger partial charge in [-0.3, -0.25) is 0 Å². The fourth-order valence-electron chi connectivity index (χ4n) is 3.59. The summed E-state index contributed by atoms with van der Waals surface area (Å²) in [4.78, 5) is 13.6. The van der Waals surface area contributed by atoms with Gasteiger partial charge in [-0.2, -0.15) is 0 Å². The van der Waals surface area contributed by atoms with E-state index in [1.165, 1.54) is 6.07 Å². The van der Waals surface area contributed by atoms with Crippen LogP contribution in [-0.2, 0) is 0 Å². The maximum Gasteiger partial charge on any atom is 0.336 e. The molecule has 1 aromatic rings. The highest BCUT2D eigenvalue weighted by Gasteiger charge is 2.55. The molecule has 0 bridgehead atoms. The number of aromatic carboxylic acids is 1. The average Bonchev–Trinajstić information content (AvgIpc) is 2.91. The lowest BCUT2D eigenvalue weighted by Gasteiger charge is -2.47. The van der Waals surface area contributed by atoms with Crippen LogP contribution in [0.25, 0.3) is 0 Å². The molecule has 2 heterocycles. The van der Waals surface area contributed by atoms with Crippen molar-refractivity contribution >= 4 is 17.6 Å². The van der Waals surface area contributed by atoms with Crippen LogP contribution in [0.2, 0.25) is 5.02 Å². The van der Waals surface area contributed by atoms with Gasteiger partial charge in [0.15, 0.2) is 11.5 Å². The SMILES string of the molecule is Cc1c(C(=O)O)cc(Cl)c2c1O[C@@](C)([C@]1(C)CC[C@H](N(C)C)CN1)O2. The molecule has 2 N–H and O–H groups in total. The molecule has 2 aliphatic heterocycles. The lowest BCUT2D eigenvalue weighted by Crippen LogP contribution is -2.68. The number of hydrogen-bond acceptors (Lipinski definition) is 5. The van der Waals surface area contributed by atoms with Crippen LogP contribution < -0.4 is 14.8 Å². The number of halogens is 1. The number of rotatable bonds is 3.